The van der Waals surface area contributed by atoms with E-state index in [0.29, 0.717) is 0 Å². The van der Waals surface area contributed by atoms with Crippen molar-refractivity contribution in [2.75, 3.05) is 0 Å². The van der Waals surface area contributed by atoms with Gasteiger partial charge in [0.15, 0.2) is 12.0 Å². The van der Waals surface area contributed by atoms with Crippen molar-refractivity contribution in [2.24, 2.45) is 0 Å². The van der Waals surface area contributed by atoms with Gasteiger partial charge in [-0.3, -0.25) is 0 Å². The van der Waals surface area contributed by atoms with E-state index in [-0.39, 0.29) is 5.41 Å². The van der Waals surface area contributed by atoms with Crippen LogP contribution in [0.25, 0.3) is 49.7 Å². The van der Waals surface area contributed by atoms with Crippen LogP contribution in [0.5, 0.6) is 0 Å². The molecule has 0 amide bonds. The van der Waals surface area contributed by atoms with Crippen LogP contribution in [0.3, 0.4) is 0 Å². The molecule has 3 nitrogen and oxygen atoms in total. The molecule has 1 aliphatic carbocycles. The van der Waals surface area contributed by atoms with E-state index in [0.717, 1.165) is 16.8 Å². The second-order valence-electron chi connectivity index (χ2n) is 8.94. The lowest BCUT2D eigenvalue weighted by molar-refractivity contribution is 0.602. The molecule has 0 bridgehead atoms. The summed E-state index contributed by atoms with van der Waals surface area (Å²) in [5.74, 6) is 0. The quantitative estimate of drug-likeness (QED) is 0.291. The lowest BCUT2D eigenvalue weighted by Crippen LogP contribution is -2.14. The van der Waals surface area contributed by atoms with Crippen LogP contribution in [0.4, 0.5) is 0 Å². The zero-order chi connectivity index (χ0) is 20.7. The largest absolute Gasteiger partial charge is 0.443 e. The Kier molecular flexibility index (Phi) is 3.07. The Bertz CT molecular complexity index is 1670. The normalized spacial score (nSPS) is 14.4. The predicted molar refractivity (Wildman–Crippen MR) is 126 cm³/mol. The van der Waals surface area contributed by atoms with Crippen molar-refractivity contribution in [1.82, 2.24) is 9.55 Å². The maximum atomic E-state index is 5.47. The average molecular weight is 400 g/mol. The first kappa shape index (κ1) is 16.9. The van der Waals surface area contributed by atoms with Crippen molar-refractivity contribution in [3.8, 4) is 16.8 Å². The first-order chi connectivity index (χ1) is 15.1. The van der Waals surface area contributed by atoms with Crippen molar-refractivity contribution in [3.63, 3.8) is 0 Å². The van der Waals surface area contributed by atoms with E-state index in [1.54, 1.807) is 0 Å². The highest BCUT2D eigenvalue weighted by atomic mass is 16.3. The Hall–Kier alpha value is -3.85. The van der Waals surface area contributed by atoms with Crippen LogP contribution in [0, 0.1) is 0 Å². The Balaban J connectivity index is 1.63. The molecule has 0 unspecified atom stereocenters. The number of hydrogen-bond acceptors (Lipinski definition) is 2. The van der Waals surface area contributed by atoms with Crippen molar-refractivity contribution in [3.05, 3.63) is 96.4 Å². The van der Waals surface area contributed by atoms with Crippen molar-refractivity contribution in [1.29, 1.82) is 0 Å². The second-order valence-corrected chi connectivity index (χ2v) is 8.94. The van der Waals surface area contributed by atoms with Crippen molar-refractivity contribution in [2.45, 2.75) is 19.3 Å². The van der Waals surface area contributed by atoms with Crippen LogP contribution < -0.4 is 0 Å². The molecule has 7 rings (SSSR count). The highest BCUT2D eigenvalue weighted by molar-refractivity contribution is 6.11. The van der Waals surface area contributed by atoms with Gasteiger partial charge in [0, 0.05) is 21.9 Å². The number of aromatic nitrogens is 2. The summed E-state index contributed by atoms with van der Waals surface area (Å²) >= 11 is 0. The molecule has 1 aliphatic rings. The average Bonchev–Trinajstić information content (AvgIpc) is 3.45. The maximum Gasteiger partial charge on any atom is 0.181 e. The molecule has 3 heteroatoms. The fourth-order valence-corrected chi connectivity index (χ4v) is 5.43. The summed E-state index contributed by atoms with van der Waals surface area (Å²) in [5.41, 5.74) is 10.7. The molecule has 0 aliphatic heterocycles. The van der Waals surface area contributed by atoms with Gasteiger partial charge in [0.2, 0.25) is 0 Å². The molecule has 0 N–H and O–H groups in total. The summed E-state index contributed by atoms with van der Waals surface area (Å²) < 4.78 is 7.82. The van der Waals surface area contributed by atoms with Gasteiger partial charge in [-0.15, -0.1) is 0 Å². The zero-order valence-corrected chi connectivity index (χ0v) is 17.4. The summed E-state index contributed by atoms with van der Waals surface area (Å²) in [6.07, 6.45) is 1.51. The molecule has 0 radical (unpaired) electrons. The van der Waals surface area contributed by atoms with E-state index < -0.39 is 0 Å². The van der Waals surface area contributed by atoms with E-state index in [1.807, 2.05) is 6.07 Å². The van der Waals surface area contributed by atoms with Gasteiger partial charge < -0.3 is 8.98 Å². The topological polar surface area (TPSA) is 31.0 Å². The molecule has 0 atom stereocenters. The van der Waals surface area contributed by atoms with Gasteiger partial charge in [-0.25, -0.2) is 4.98 Å². The molecule has 31 heavy (non-hydrogen) atoms. The molecular weight excluding hydrogens is 380 g/mol. The summed E-state index contributed by atoms with van der Waals surface area (Å²) in [7, 11) is 0. The van der Waals surface area contributed by atoms with Crippen LogP contribution in [0.1, 0.15) is 25.0 Å². The van der Waals surface area contributed by atoms with Gasteiger partial charge in [-0.2, -0.15) is 0 Å². The Morgan fingerprint density at radius 3 is 2.52 bits per heavy atom. The fraction of sp³-hybridized carbons (Fsp3) is 0.107. The highest BCUT2D eigenvalue weighted by Gasteiger charge is 2.36. The fourth-order valence-electron chi connectivity index (χ4n) is 5.43. The number of hydrogen-bond donors (Lipinski definition) is 0. The van der Waals surface area contributed by atoms with Crippen LogP contribution in [-0.4, -0.2) is 9.55 Å². The van der Waals surface area contributed by atoms with Crippen LogP contribution in [-0.2, 0) is 5.41 Å². The number of oxazole rings is 1. The molecule has 2 aromatic heterocycles. The van der Waals surface area contributed by atoms with E-state index in [2.05, 4.69) is 96.2 Å². The van der Waals surface area contributed by atoms with Crippen molar-refractivity contribution < 1.29 is 4.42 Å². The van der Waals surface area contributed by atoms with Crippen molar-refractivity contribution >= 4 is 32.9 Å². The second kappa shape index (κ2) is 5.64. The van der Waals surface area contributed by atoms with Gasteiger partial charge in [-0.05, 0) is 58.7 Å². The SMILES string of the molecule is CC1(C)c2ccccc2-c2cc3c(cc21)c1ccccc1n3-c1ccc2ocnc2c1. The van der Waals surface area contributed by atoms with E-state index in [4.69, 9.17) is 4.42 Å². The van der Waals surface area contributed by atoms with Gasteiger partial charge >= 0.3 is 0 Å². The molecule has 4 aromatic carbocycles. The molecular formula is C28H20N2O. The summed E-state index contributed by atoms with van der Waals surface area (Å²) in [6, 6.07) is 28.5. The van der Waals surface area contributed by atoms with Gasteiger partial charge in [0.1, 0.15) is 5.52 Å². The van der Waals surface area contributed by atoms with Gasteiger partial charge in [0.05, 0.1) is 11.0 Å². The summed E-state index contributed by atoms with van der Waals surface area (Å²) in [6.45, 7) is 4.67. The molecule has 0 fully saturated rings. The van der Waals surface area contributed by atoms with Gasteiger partial charge in [0.25, 0.3) is 0 Å². The number of rotatable bonds is 1. The highest BCUT2D eigenvalue weighted by Crippen LogP contribution is 2.50. The van der Waals surface area contributed by atoms with E-state index in [9.17, 15) is 0 Å². The third kappa shape index (κ3) is 2.10. The molecule has 2 heterocycles. The van der Waals surface area contributed by atoms with E-state index in [1.165, 1.54) is 50.5 Å². The summed E-state index contributed by atoms with van der Waals surface area (Å²) in [4.78, 5) is 4.38. The van der Waals surface area contributed by atoms with Crippen LogP contribution in [0.15, 0.2) is 89.7 Å². The smallest absolute Gasteiger partial charge is 0.181 e. The first-order valence-electron chi connectivity index (χ1n) is 10.6. The number of benzene rings is 4. The predicted octanol–water partition coefficient (Wildman–Crippen LogP) is 7.23. The van der Waals surface area contributed by atoms with Crippen LogP contribution >= 0.6 is 0 Å². The minimum absolute atomic E-state index is 0.0110. The molecule has 0 saturated heterocycles. The zero-order valence-electron chi connectivity index (χ0n) is 17.4. The van der Waals surface area contributed by atoms with Crippen LogP contribution in [0.2, 0.25) is 0 Å². The first-order valence-corrected chi connectivity index (χ1v) is 10.6. The number of fused-ring (bicyclic) bond motifs is 7. The Morgan fingerprint density at radius 1 is 0.742 bits per heavy atom. The Labute approximate surface area is 179 Å². The minimum Gasteiger partial charge on any atom is -0.443 e. The summed E-state index contributed by atoms with van der Waals surface area (Å²) in [5, 5.41) is 2.56. The number of para-hydroxylation sites is 1. The lowest BCUT2D eigenvalue weighted by atomic mass is 9.82. The molecule has 0 saturated carbocycles. The minimum atomic E-state index is -0.0110. The third-order valence-electron chi connectivity index (χ3n) is 6.95. The number of nitrogens with zero attached hydrogens (tertiary/aromatic N) is 2. The lowest BCUT2D eigenvalue weighted by Gasteiger charge is -2.21. The maximum absolute atomic E-state index is 5.47. The standard InChI is InChI=1S/C28H20N2O/c1-28(2)22-9-5-3-7-18(22)20-15-26-21(14-23(20)28)19-8-4-6-10-25(19)30(26)17-11-12-27-24(13-17)29-16-31-27/h3-16H,1-2H3. The molecule has 148 valence electrons. The monoisotopic (exact) mass is 400 g/mol. The third-order valence-corrected chi connectivity index (χ3v) is 6.95. The molecule has 6 aromatic rings. The van der Waals surface area contributed by atoms with E-state index >= 15 is 0 Å². The molecule has 0 spiro atoms. The Morgan fingerprint density at radius 2 is 1.58 bits per heavy atom. The van der Waals surface area contributed by atoms with Gasteiger partial charge in [-0.1, -0.05) is 56.3 Å².